The van der Waals surface area contributed by atoms with Gasteiger partial charge in [-0.15, -0.1) is 0 Å². The number of aliphatic hydroxyl groups is 2. The van der Waals surface area contributed by atoms with Gasteiger partial charge in [-0.1, -0.05) is 0 Å². The Balaban J connectivity index is 2.48. The van der Waals surface area contributed by atoms with Crippen molar-refractivity contribution in [1.29, 1.82) is 0 Å². The molecule has 0 bridgehead atoms. The van der Waals surface area contributed by atoms with Crippen LogP contribution in [0.15, 0.2) is 0 Å². The third-order valence-corrected chi connectivity index (χ3v) is 2.61. The highest BCUT2D eigenvalue weighted by Crippen LogP contribution is 2.19. The van der Waals surface area contributed by atoms with Crippen LogP contribution in [0, 0.1) is 5.92 Å². The molecule has 1 saturated heterocycles. The van der Waals surface area contributed by atoms with E-state index >= 15 is 0 Å². The number of rotatable bonds is 1. The highest BCUT2D eigenvalue weighted by molar-refractivity contribution is 5.68. The van der Waals surface area contributed by atoms with Crippen molar-refractivity contribution in [3.8, 4) is 0 Å². The fourth-order valence-electron chi connectivity index (χ4n) is 1.69. The van der Waals surface area contributed by atoms with E-state index < -0.39 is 17.8 Å². The van der Waals surface area contributed by atoms with Crippen molar-refractivity contribution in [2.75, 3.05) is 19.7 Å². The van der Waals surface area contributed by atoms with E-state index in [0.29, 0.717) is 13.0 Å². The number of carbonyl (C=O) groups excluding carboxylic acids is 1. The largest absolute Gasteiger partial charge is 0.444 e. The minimum Gasteiger partial charge on any atom is -0.444 e. The van der Waals surface area contributed by atoms with Gasteiger partial charge in [0.05, 0.1) is 12.6 Å². The Labute approximate surface area is 96.0 Å². The molecule has 2 N–H and O–H groups in total. The number of hydrogen-bond acceptors (Lipinski definition) is 4. The van der Waals surface area contributed by atoms with Crippen LogP contribution in [0.5, 0.6) is 0 Å². The van der Waals surface area contributed by atoms with Gasteiger partial charge in [-0.3, -0.25) is 0 Å². The summed E-state index contributed by atoms with van der Waals surface area (Å²) in [6.07, 6.45) is -0.453. The lowest BCUT2D eigenvalue weighted by Gasteiger charge is -2.35. The second-order valence-corrected chi connectivity index (χ2v) is 5.23. The predicted octanol–water partition coefficient (Wildman–Crippen LogP) is 0.597. The van der Waals surface area contributed by atoms with Crippen LogP contribution in [0.2, 0.25) is 0 Å². The SMILES string of the molecule is CC(C)(C)OC(=O)N1CCC(CO)C(O)C1. The van der Waals surface area contributed by atoms with Gasteiger partial charge in [-0.05, 0) is 27.2 Å². The summed E-state index contributed by atoms with van der Waals surface area (Å²) in [4.78, 5) is 13.2. The summed E-state index contributed by atoms with van der Waals surface area (Å²) in [6, 6.07) is 0. The molecule has 1 rings (SSSR count). The highest BCUT2D eigenvalue weighted by Gasteiger charge is 2.31. The summed E-state index contributed by atoms with van der Waals surface area (Å²) < 4.78 is 5.21. The Morgan fingerprint density at radius 3 is 2.56 bits per heavy atom. The summed E-state index contributed by atoms with van der Waals surface area (Å²) in [7, 11) is 0. The van der Waals surface area contributed by atoms with Gasteiger partial charge in [0, 0.05) is 19.1 Å². The van der Waals surface area contributed by atoms with E-state index in [2.05, 4.69) is 0 Å². The maximum Gasteiger partial charge on any atom is 0.410 e. The number of piperidine rings is 1. The molecule has 0 aliphatic carbocycles. The molecule has 1 heterocycles. The van der Waals surface area contributed by atoms with Crippen molar-refractivity contribution in [2.24, 2.45) is 5.92 Å². The standard InChI is InChI=1S/C11H21NO4/c1-11(2,3)16-10(15)12-5-4-8(7-13)9(14)6-12/h8-9,13-14H,4-7H2,1-3H3. The van der Waals surface area contributed by atoms with Gasteiger partial charge >= 0.3 is 6.09 Å². The number of aliphatic hydroxyl groups excluding tert-OH is 2. The predicted molar refractivity (Wildman–Crippen MR) is 59.0 cm³/mol. The van der Waals surface area contributed by atoms with Crippen molar-refractivity contribution in [3.05, 3.63) is 0 Å². The van der Waals surface area contributed by atoms with Crippen LogP contribution < -0.4 is 0 Å². The van der Waals surface area contributed by atoms with Gasteiger partial charge in [-0.2, -0.15) is 0 Å². The van der Waals surface area contributed by atoms with E-state index in [1.807, 2.05) is 20.8 Å². The lowest BCUT2D eigenvalue weighted by molar-refractivity contribution is -0.0234. The number of ether oxygens (including phenoxy) is 1. The number of likely N-dealkylation sites (tertiary alicyclic amines) is 1. The van der Waals surface area contributed by atoms with Crippen LogP contribution in [0.1, 0.15) is 27.2 Å². The molecule has 5 heteroatoms. The number of nitrogens with zero attached hydrogens (tertiary/aromatic N) is 1. The Hall–Kier alpha value is -0.810. The van der Waals surface area contributed by atoms with Gasteiger partial charge < -0.3 is 19.8 Å². The van der Waals surface area contributed by atoms with E-state index in [1.165, 1.54) is 4.90 Å². The first-order valence-electron chi connectivity index (χ1n) is 5.60. The van der Waals surface area contributed by atoms with E-state index in [0.717, 1.165) is 0 Å². The van der Waals surface area contributed by atoms with Crippen molar-refractivity contribution in [2.45, 2.75) is 38.9 Å². The van der Waals surface area contributed by atoms with Gasteiger partial charge in [-0.25, -0.2) is 4.79 Å². The van der Waals surface area contributed by atoms with E-state index in [4.69, 9.17) is 9.84 Å². The molecule has 2 unspecified atom stereocenters. The maximum absolute atomic E-state index is 11.7. The molecule has 1 fully saturated rings. The topological polar surface area (TPSA) is 70.0 Å². The van der Waals surface area contributed by atoms with E-state index in [1.54, 1.807) is 0 Å². The first kappa shape index (κ1) is 13.3. The molecule has 1 amide bonds. The lowest BCUT2D eigenvalue weighted by Crippen LogP contribution is -2.49. The number of amides is 1. The van der Waals surface area contributed by atoms with Crippen molar-refractivity contribution >= 4 is 6.09 Å². The van der Waals surface area contributed by atoms with Gasteiger partial charge in [0.25, 0.3) is 0 Å². The number of β-amino-alcohol motifs (C(OH)–C–C–N with tert-alkyl or cyclic N) is 1. The van der Waals surface area contributed by atoms with E-state index in [-0.39, 0.29) is 19.1 Å². The lowest BCUT2D eigenvalue weighted by atomic mass is 9.95. The summed E-state index contributed by atoms with van der Waals surface area (Å²) in [5, 5.41) is 18.7. The molecular formula is C11H21NO4. The molecule has 0 aromatic heterocycles. The maximum atomic E-state index is 11.7. The van der Waals surface area contributed by atoms with Crippen LogP contribution in [0.4, 0.5) is 4.79 Å². The van der Waals surface area contributed by atoms with Crippen LogP contribution in [0.25, 0.3) is 0 Å². The number of hydrogen-bond donors (Lipinski definition) is 2. The summed E-state index contributed by atoms with van der Waals surface area (Å²) >= 11 is 0. The Bertz CT molecular complexity index is 249. The molecule has 16 heavy (non-hydrogen) atoms. The molecule has 0 aromatic rings. The highest BCUT2D eigenvalue weighted by atomic mass is 16.6. The molecule has 0 radical (unpaired) electrons. The quantitative estimate of drug-likeness (QED) is 0.693. The van der Waals surface area contributed by atoms with Gasteiger partial charge in [0.2, 0.25) is 0 Å². The second-order valence-electron chi connectivity index (χ2n) is 5.23. The normalized spacial score (nSPS) is 26.7. The molecule has 0 aromatic carbocycles. The van der Waals surface area contributed by atoms with Crippen molar-refractivity contribution in [1.82, 2.24) is 4.90 Å². The zero-order valence-electron chi connectivity index (χ0n) is 10.1. The molecule has 0 saturated carbocycles. The van der Waals surface area contributed by atoms with Crippen LogP contribution in [-0.4, -0.2) is 52.6 Å². The Morgan fingerprint density at radius 2 is 2.12 bits per heavy atom. The Morgan fingerprint density at radius 1 is 1.50 bits per heavy atom. The molecule has 2 atom stereocenters. The van der Waals surface area contributed by atoms with Crippen LogP contribution >= 0.6 is 0 Å². The smallest absolute Gasteiger partial charge is 0.410 e. The van der Waals surface area contributed by atoms with Gasteiger partial charge in [0.15, 0.2) is 0 Å². The van der Waals surface area contributed by atoms with Crippen molar-refractivity contribution in [3.63, 3.8) is 0 Å². The monoisotopic (exact) mass is 231 g/mol. The second kappa shape index (κ2) is 5.01. The third-order valence-electron chi connectivity index (χ3n) is 2.61. The zero-order chi connectivity index (χ0) is 12.3. The van der Waals surface area contributed by atoms with Crippen LogP contribution in [-0.2, 0) is 4.74 Å². The zero-order valence-corrected chi connectivity index (χ0v) is 10.1. The minimum absolute atomic E-state index is 0.0384. The number of carbonyl (C=O) groups is 1. The molecular weight excluding hydrogens is 210 g/mol. The Kier molecular flexibility index (Phi) is 4.15. The third kappa shape index (κ3) is 3.64. The van der Waals surface area contributed by atoms with Crippen molar-refractivity contribution < 1.29 is 19.7 Å². The average Bonchev–Trinajstić information content (AvgIpc) is 2.15. The molecule has 5 nitrogen and oxygen atoms in total. The molecule has 94 valence electrons. The summed E-state index contributed by atoms with van der Waals surface area (Å²) in [5.41, 5.74) is -0.518. The fraction of sp³-hybridized carbons (Fsp3) is 0.909. The summed E-state index contributed by atoms with van der Waals surface area (Å²) in [5.74, 6) is -0.126. The molecule has 1 aliphatic rings. The van der Waals surface area contributed by atoms with Gasteiger partial charge in [0.1, 0.15) is 5.60 Å². The van der Waals surface area contributed by atoms with E-state index in [9.17, 15) is 9.90 Å². The first-order valence-corrected chi connectivity index (χ1v) is 5.60. The molecule has 1 aliphatic heterocycles. The summed E-state index contributed by atoms with van der Waals surface area (Å²) in [6.45, 7) is 6.14. The minimum atomic E-state index is -0.661. The van der Waals surface area contributed by atoms with Crippen LogP contribution in [0.3, 0.4) is 0 Å². The first-order chi connectivity index (χ1) is 7.33. The average molecular weight is 231 g/mol. The fourth-order valence-corrected chi connectivity index (χ4v) is 1.69. The molecule has 0 spiro atoms.